The molecule has 0 aliphatic carbocycles. The minimum atomic E-state index is -0.516. The zero-order valence-electron chi connectivity index (χ0n) is 20.0. The second-order valence-electron chi connectivity index (χ2n) is 8.06. The van der Waals surface area contributed by atoms with Crippen LogP contribution in [-0.4, -0.2) is 53.2 Å². The number of aromatic nitrogens is 2. The van der Waals surface area contributed by atoms with Crippen LogP contribution in [-0.2, 0) is 19.2 Å². The van der Waals surface area contributed by atoms with Gasteiger partial charge in [-0.1, -0.05) is 23.1 Å². The molecular weight excluding hydrogens is 516 g/mol. The molecule has 2 heterocycles. The number of benzene rings is 2. The number of hydrogen-bond acceptors (Lipinski definition) is 9. The number of rotatable bonds is 9. The summed E-state index contributed by atoms with van der Waals surface area (Å²) in [6, 6.07) is 13.9. The molecule has 1 aliphatic heterocycles. The first-order valence-electron chi connectivity index (χ1n) is 11.2. The van der Waals surface area contributed by atoms with E-state index in [4.69, 9.17) is 4.74 Å². The molecule has 0 unspecified atom stereocenters. The molecule has 11 nitrogen and oxygen atoms in total. The third kappa shape index (κ3) is 7.05. The van der Waals surface area contributed by atoms with Gasteiger partial charge < -0.3 is 25.6 Å². The van der Waals surface area contributed by atoms with Crippen LogP contribution in [0.3, 0.4) is 0 Å². The molecule has 0 bridgehead atoms. The topological polar surface area (TPSA) is 143 Å². The van der Waals surface area contributed by atoms with E-state index in [-0.39, 0.29) is 42.3 Å². The highest BCUT2D eigenvalue weighted by Crippen LogP contribution is 2.29. The molecule has 1 fully saturated rings. The molecule has 2 aromatic carbocycles. The Kier molecular flexibility index (Phi) is 8.36. The predicted molar refractivity (Wildman–Crippen MR) is 142 cm³/mol. The summed E-state index contributed by atoms with van der Waals surface area (Å²) in [5, 5.41) is 16.4. The van der Waals surface area contributed by atoms with Crippen molar-refractivity contribution in [3.63, 3.8) is 0 Å². The molecule has 1 saturated heterocycles. The molecule has 0 saturated carbocycles. The van der Waals surface area contributed by atoms with Gasteiger partial charge in [-0.3, -0.25) is 19.2 Å². The molecule has 1 atom stereocenters. The number of nitrogens with zero attached hydrogens (tertiary/aromatic N) is 3. The number of methoxy groups -OCH3 is 1. The minimum Gasteiger partial charge on any atom is -0.497 e. The van der Waals surface area contributed by atoms with Crippen LogP contribution in [0, 0.1) is 5.92 Å². The van der Waals surface area contributed by atoms with Gasteiger partial charge in [0.15, 0.2) is 4.34 Å². The van der Waals surface area contributed by atoms with E-state index in [9.17, 15) is 19.2 Å². The number of anilines is 4. The van der Waals surface area contributed by atoms with Gasteiger partial charge in [0, 0.05) is 37.0 Å². The van der Waals surface area contributed by atoms with Crippen molar-refractivity contribution >= 4 is 68.9 Å². The van der Waals surface area contributed by atoms with Crippen molar-refractivity contribution in [1.29, 1.82) is 0 Å². The van der Waals surface area contributed by atoms with Gasteiger partial charge in [0.05, 0.1) is 18.8 Å². The number of hydrogen-bond donors (Lipinski definition) is 3. The van der Waals surface area contributed by atoms with E-state index in [2.05, 4.69) is 26.1 Å². The molecule has 3 aromatic rings. The van der Waals surface area contributed by atoms with Gasteiger partial charge >= 0.3 is 0 Å². The summed E-state index contributed by atoms with van der Waals surface area (Å²) in [5.41, 5.74) is 1.94. The summed E-state index contributed by atoms with van der Waals surface area (Å²) in [6.45, 7) is 1.69. The molecule has 13 heteroatoms. The zero-order chi connectivity index (χ0) is 26.4. The van der Waals surface area contributed by atoms with Gasteiger partial charge in [0.2, 0.25) is 28.8 Å². The van der Waals surface area contributed by atoms with E-state index >= 15 is 0 Å². The molecule has 37 heavy (non-hydrogen) atoms. The molecule has 1 aromatic heterocycles. The fraction of sp³-hybridized carbons (Fsp3) is 0.250. The van der Waals surface area contributed by atoms with Gasteiger partial charge in [-0.05, 0) is 48.5 Å². The fourth-order valence-electron chi connectivity index (χ4n) is 3.59. The summed E-state index contributed by atoms with van der Waals surface area (Å²) in [5.74, 6) is -0.576. The lowest BCUT2D eigenvalue weighted by atomic mass is 10.1. The first kappa shape index (κ1) is 26.1. The normalized spacial score (nSPS) is 14.8. The maximum absolute atomic E-state index is 12.7. The number of amides is 4. The summed E-state index contributed by atoms with van der Waals surface area (Å²) in [4.78, 5) is 50.1. The SMILES string of the molecule is COc1ccc(N2C[C@H](C(=O)Nc3nnc(SCC(=O)Nc4ccc(NC(C)=O)cc4)s3)CC2=O)cc1. The summed E-state index contributed by atoms with van der Waals surface area (Å²) < 4.78 is 5.67. The van der Waals surface area contributed by atoms with Crippen molar-refractivity contribution in [3.8, 4) is 5.75 Å². The van der Waals surface area contributed by atoms with E-state index in [1.807, 2.05) is 0 Å². The summed E-state index contributed by atoms with van der Waals surface area (Å²) in [7, 11) is 1.57. The van der Waals surface area contributed by atoms with Crippen LogP contribution >= 0.6 is 23.1 Å². The zero-order valence-corrected chi connectivity index (χ0v) is 21.6. The van der Waals surface area contributed by atoms with Crippen molar-refractivity contribution < 1.29 is 23.9 Å². The van der Waals surface area contributed by atoms with Crippen LogP contribution in [0.5, 0.6) is 5.75 Å². The van der Waals surface area contributed by atoms with Crippen LogP contribution in [0.4, 0.5) is 22.2 Å². The molecule has 192 valence electrons. The Balaban J connectivity index is 1.24. The molecule has 4 rings (SSSR count). The van der Waals surface area contributed by atoms with Gasteiger partial charge in [-0.2, -0.15) is 0 Å². The Morgan fingerprint density at radius 2 is 1.70 bits per heavy atom. The van der Waals surface area contributed by atoms with Crippen molar-refractivity contribution in [2.24, 2.45) is 5.92 Å². The predicted octanol–water partition coefficient (Wildman–Crippen LogP) is 3.23. The standard InChI is InChI=1S/C24H24N6O5S2/c1-14(31)25-16-3-5-17(6-4-16)26-20(32)13-36-24-29-28-23(37-24)27-22(34)15-11-21(33)30(12-15)18-7-9-19(35-2)10-8-18/h3-10,15H,11-13H2,1-2H3,(H,25,31)(H,26,32)(H,27,28,34)/t15-/m1/s1. The second kappa shape index (κ2) is 11.8. The van der Waals surface area contributed by atoms with E-state index in [1.54, 1.807) is 60.5 Å². The number of thioether (sulfide) groups is 1. The van der Waals surface area contributed by atoms with Gasteiger partial charge in [0.1, 0.15) is 5.75 Å². The molecule has 0 radical (unpaired) electrons. The third-order valence-electron chi connectivity index (χ3n) is 5.33. The van der Waals surface area contributed by atoms with Crippen LogP contribution in [0.15, 0.2) is 52.9 Å². The van der Waals surface area contributed by atoms with Gasteiger partial charge in [-0.25, -0.2) is 0 Å². The number of carbonyl (C=O) groups is 4. The summed E-state index contributed by atoms with van der Waals surface area (Å²) in [6.07, 6.45) is 0.101. The number of ether oxygens (including phenoxy) is 1. The lowest BCUT2D eigenvalue weighted by Gasteiger charge is -2.16. The Labute approximate surface area is 221 Å². The Morgan fingerprint density at radius 3 is 2.35 bits per heavy atom. The van der Waals surface area contributed by atoms with Gasteiger partial charge in [0.25, 0.3) is 0 Å². The second-order valence-corrected chi connectivity index (χ2v) is 10.3. The van der Waals surface area contributed by atoms with E-state index in [0.29, 0.717) is 32.3 Å². The smallest absolute Gasteiger partial charge is 0.234 e. The van der Waals surface area contributed by atoms with E-state index in [1.165, 1.54) is 18.7 Å². The monoisotopic (exact) mass is 540 g/mol. The highest BCUT2D eigenvalue weighted by Gasteiger charge is 2.35. The number of carbonyl (C=O) groups excluding carboxylic acids is 4. The van der Waals surface area contributed by atoms with Gasteiger partial charge in [-0.15, -0.1) is 10.2 Å². The molecule has 3 N–H and O–H groups in total. The minimum absolute atomic E-state index is 0.101. The first-order valence-corrected chi connectivity index (χ1v) is 13.0. The number of nitrogens with one attached hydrogen (secondary N) is 3. The van der Waals surface area contributed by atoms with Crippen LogP contribution in [0.2, 0.25) is 0 Å². The summed E-state index contributed by atoms with van der Waals surface area (Å²) >= 11 is 2.35. The third-order valence-corrected chi connectivity index (χ3v) is 7.30. The maximum Gasteiger partial charge on any atom is 0.234 e. The van der Waals surface area contributed by atoms with Crippen LogP contribution in [0.25, 0.3) is 0 Å². The highest BCUT2D eigenvalue weighted by molar-refractivity contribution is 8.01. The largest absolute Gasteiger partial charge is 0.497 e. The van der Waals surface area contributed by atoms with E-state index < -0.39 is 5.92 Å². The quantitative estimate of drug-likeness (QED) is 0.277. The first-order chi connectivity index (χ1) is 17.8. The van der Waals surface area contributed by atoms with Crippen LogP contribution in [0.1, 0.15) is 13.3 Å². The lowest BCUT2D eigenvalue weighted by molar-refractivity contribution is -0.122. The van der Waals surface area contributed by atoms with Crippen LogP contribution < -0.4 is 25.6 Å². The molecule has 4 amide bonds. The lowest BCUT2D eigenvalue weighted by Crippen LogP contribution is -2.28. The Hall–Kier alpha value is -3.97. The Morgan fingerprint density at radius 1 is 1.03 bits per heavy atom. The van der Waals surface area contributed by atoms with Crippen molar-refractivity contribution in [2.75, 3.05) is 40.3 Å². The molecular formula is C24H24N6O5S2. The highest BCUT2D eigenvalue weighted by atomic mass is 32.2. The fourth-order valence-corrected chi connectivity index (χ4v) is 5.14. The molecule has 1 aliphatic rings. The average Bonchev–Trinajstić information content (AvgIpc) is 3.50. The Bertz CT molecular complexity index is 1300. The van der Waals surface area contributed by atoms with Crippen molar-refractivity contribution in [2.45, 2.75) is 17.7 Å². The van der Waals surface area contributed by atoms with E-state index in [0.717, 1.165) is 11.3 Å². The van der Waals surface area contributed by atoms with Crippen molar-refractivity contribution in [3.05, 3.63) is 48.5 Å². The average molecular weight is 541 g/mol. The van der Waals surface area contributed by atoms with Crippen molar-refractivity contribution in [1.82, 2.24) is 10.2 Å². The maximum atomic E-state index is 12.7. The molecule has 0 spiro atoms.